The fourth-order valence-corrected chi connectivity index (χ4v) is 5.43. The zero-order valence-electron chi connectivity index (χ0n) is 14.8. The Bertz CT molecular complexity index is 637. The van der Waals surface area contributed by atoms with Crippen LogP contribution in [-0.4, -0.2) is 40.8 Å². The maximum atomic E-state index is 12.7. The summed E-state index contributed by atoms with van der Waals surface area (Å²) in [5.41, 5.74) is 1.85. The first-order chi connectivity index (χ1) is 10.5. The van der Waals surface area contributed by atoms with Crippen LogP contribution in [0.15, 0.2) is 18.3 Å². The lowest BCUT2D eigenvalue weighted by Crippen LogP contribution is -2.75. The molecule has 0 unspecified atom stereocenters. The molecule has 0 aliphatic carbocycles. The highest BCUT2D eigenvalue weighted by atomic mass is 28.3. The molecule has 2 rings (SSSR count). The van der Waals surface area contributed by atoms with E-state index in [-0.39, 0.29) is 10.9 Å². The van der Waals surface area contributed by atoms with Crippen LogP contribution in [0.2, 0.25) is 18.1 Å². The minimum atomic E-state index is -2.19. The van der Waals surface area contributed by atoms with Crippen molar-refractivity contribution in [3.63, 3.8) is 0 Å². The van der Waals surface area contributed by atoms with Crippen molar-refractivity contribution in [2.24, 2.45) is 5.92 Å². The van der Waals surface area contributed by atoms with Gasteiger partial charge in [0.05, 0.1) is 5.92 Å². The van der Waals surface area contributed by atoms with Gasteiger partial charge in [0.15, 0.2) is 8.24 Å². The van der Waals surface area contributed by atoms with Gasteiger partial charge in [-0.3, -0.25) is 9.78 Å². The molecule has 6 heteroatoms. The molecule has 2 atom stereocenters. The number of aryl methyl sites for hydroxylation is 1. The Kier molecular flexibility index (Phi) is 4.41. The Hall–Kier alpha value is -1.69. The molecule has 1 N–H and O–H groups in total. The second-order valence-corrected chi connectivity index (χ2v) is 13.0. The number of carbonyl (C=O) groups excluding carboxylic acids is 1. The van der Waals surface area contributed by atoms with E-state index in [1.807, 2.05) is 19.1 Å². The first kappa shape index (κ1) is 17.7. The summed E-state index contributed by atoms with van der Waals surface area (Å²) in [5.74, 6) is -1.38. The monoisotopic (exact) mass is 334 g/mol. The summed E-state index contributed by atoms with van der Waals surface area (Å²) < 4.78 is 1.69. The molecule has 1 amide bonds. The van der Waals surface area contributed by atoms with E-state index in [9.17, 15) is 14.7 Å². The van der Waals surface area contributed by atoms with Crippen molar-refractivity contribution in [3.8, 4) is 0 Å². The normalized spacial score (nSPS) is 22.0. The van der Waals surface area contributed by atoms with Gasteiger partial charge in [0, 0.05) is 11.9 Å². The second kappa shape index (κ2) is 5.74. The zero-order chi connectivity index (χ0) is 17.6. The highest BCUT2D eigenvalue weighted by molar-refractivity contribution is 6.80. The van der Waals surface area contributed by atoms with Gasteiger partial charge in [0.1, 0.15) is 6.04 Å². The van der Waals surface area contributed by atoms with Gasteiger partial charge in [-0.25, -0.2) is 4.79 Å². The van der Waals surface area contributed by atoms with Crippen LogP contribution in [0.4, 0.5) is 0 Å². The van der Waals surface area contributed by atoms with E-state index in [0.717, 1.165) is 11.3 Å². The van der Waals surface area contributed by atoms with E-state index in [1.54, 1.807) is 10.8 Å². The highest BCUT2D eigenvalue weighted by Gasteiger charge is 2.59. The van der Waals surface area contributed by atoms with Crippen molar-refractivity contribution >= 4 is 20.1 Å². The Morgan fingerprint density at radius 2 is 2.00 bits per heavy atom. The smallest absolute Gasteiger partial charge is 0.326 e. The first-order valence-corrected chi connectivity index (χ1v) is 10.9. The van der Waals surface area contributed by atoms with Gasteiger partial charge in [0.2, 0.25) is 5.91 Å². The fourth-order valence-electron chi connectivity index (χ4n) is 3.00. The first-order valence-electron chi connectivity index (χ1n) is 7.94. The van der Waals surface area contributed by atoms with Crippen LogP contribution in [0.25, 0.3) is 0 Å². The summed E-state index contributed by atoms with van der Waals surface area (Å²) in [6, 6.07) is 3.06. The molecule has 1 aliphatic rings. The molecular weight excluding hydrogens is 308 g/mol. The lowest BCUT2D eigenvalue weighted by Gasteiger charge is -2.56. The Morgan fingerprint density at radius 3 is 2.48 bits per heavy atom. The molecule has 5 nitrogen and oxygen atoms in total. The predicted molar refractivity (Wildman–Crippen MR) is 91.6 cm³/mol. The summed E-state index contributed by atoms with van der Waals surface area (Å²) in [5, 5.41) is 9.59. The molecular formula is C17H26N2O3Si. The molecule has 1 aliphatic heterocycles. The number of carboxylic acid groups (broad SMARTS) is 1. The predicted octanol–water partition coefficient (Wildman–Crippen LogP) is 2.85. The van der Waals surface area contributed by atoms with Crippen molar-refractivity contribution in [3.05, 3.63) is 29.6 Å². The number of aromatic nitrogens is 1. The highest BCUT2D eigenvalue weighted by Crippen LogP contribution is 2.45. The van der Waals surface area contributed by atoms with Crippen molar-refractivity contribution in [2.45, 2.75) is 58.3 Å². The van der Waals surface area contributed by atoms with Gasteiger partial charge in [-0.2, -0.15) is 0 Å². The second-order valence-electron chi connectivity index (χ2n) is 7.92. The Labute approximate surface area is 138 Å². The van der Waals surface area contributed by atoms with E-state index in [1.165, 1.54) is 0 Å². The molecule has 1 saturated heterocycles. The number of hydrogen-bond donors (Lipinski definition) is 1. The van der Waals surface area contributed by atoms with Gasteiger partial charge in [-0.15, -0.1) is 0 Å². The quantitative estimate of drug-likeness (QED) is 0.679. The summed E-state index contributed by atoms with van der Waals surface area (Å²) in [6.07, 6.45) is 2.17. The van der Waals surface area contributed by atoms with Crippen LogP contribution < -0.4 is 0 Å². The third-order valence-corrected chi connectivity index (χ3v) is 10.7. The number of amides is 1. The summed E-state index contributed by atoms with van der Waals surface area (Å²) in [7, 11) is -2.19. The standard InChI is InChI=1S/C17H26N2O3Si/c1-11-9-12(7-8-18-11)10-13-14(16(21)22)19(15(13)20)23(5,6)17(2,3)4/h7-9,13-14H,10H2,1-6H3,(H,21,22)/t13-,14+/m1/s1. The zero-order valence-corrected chi connectivity index (χ0v) is 15.8. The summed E-state index contributed by atoms with van der Waals surface area (Å²) in [4.78, 5) is 28.7. The van der Waals surface area contributed by atoms with Crippen molar-refractivity contribution < 1.29 is 14.7 Å². The number of β-lactam (4-membered cyclic amide) rings is 1. The third-order valence-electron chi connectivity index (χ3n) is 5.32. The molecule has 23 heavy (non-hydrogen) atoms. The van der Waals surface area contributed by atoms with Gasteiger partial charge in [-0.1, -0.05) is 33.9 Å². The Balaban J connectivity index is 2.28. The largest absolute Gasteiger partial charge is 0.480 e. The van der Waals surface area contributed by atoms with E-state index in [4.69, 9.17) is 0 Å². The van der Waals surface area contributed by atoms with E-state index < -0.39 is 26.2 Å². The molecule has 126 valence electrons. The van der Waals surface area contributed by atoms with Crippen molar-refractivity contribution in [2.75, 3.05) is 0 Å². The van der Waals surface area contributed by atoms with Crippen LogP contribution >= 0.6 is 0 Å². The fraction of sp³-hybridized carbons (Fsp3) is 0.588. The number of carbonyl (C=O) groups is 2. The molecule has 1 fully saturated rings. The van der Waals surface area contributed by atoms with Crippen LogP contribution in [-0.2, 0) is 16.0 Å². The average molecular weight is 334 g/mol. The molecule has 0 bridgehead atoms. The number of aliphatic carboxylic acids is 1. The minimum Gasteiger partial charge on any atom is -0.480 e. The number of pyridine rings is 1. The van der Waals surface area contributed by atoms with Crippen LogP contribution in [0.5, 0.6) is 0 Å². The molecule has 1 aromatic heterocycles. The van der Waals surface area contributed by atoms with Gasteiger partial charge in [-0.05, 0) is 36.1 Å². The van der Waals surface area contributed by atoms with Crippen LogP contribution in [0.3, 0.4) is 0 Å². The SMILES string of the molecule is Cc1cc(C[C@H]2C(=O)N([Si](C)(C)C(C)(C)C)[C@@H]2C(=O)O)ccn1. The lowest BCUT2D eigenvalue weighted by molar-refractivity contribution is -0.163. The number of carboxylic acids is 1. The van der Waals surface area contributed by atoms with Crippen LogP contribution in [0.1, 0.15) is 32.0 Å². The average Bonchev–Trinajstić information content (AvgIpc) is 2.39. The van der Waals surface area contributed by atoms with Gasteiger partial charge >= 0.3 is 5.97 Å². The number of rotatable bonds is 4. The number of hydrogen-bond acceptors (Lipinski definition) is 3. The Morgan fingerprint density at radius 1 is 1.39 bits per heavy atom. The molecule has 0 aromatic carbocycles. The lowest BCUT2D eigenvalue weighted by atomic mass is 9.85. The van der Waals surface area contributed by atoms with Crippen LogP contribution in [0, 0.1) is 12.8 Å². The maximum absolute atomic E-state index is 12.7. The molecule has 2 heterocycles. The van der Waals surface area contributed by atoms with Gasteiger partial charge < -0.3 is 9.67 Å². The summed E-state index contributed by atoms with van der Waals surface area (Å²) >= 11 is 0. The number of nitrogens with zero attached hydrogens (tertiary/aromatic N) is 2. The minimum absolute atomic E-state index is 0.0153. The third kappa shape index (κ3) is 3.04. The molecule has 0 radical (unpaired) electrons. The van der Waals surface area contributed by atoms with E-state index in [0.29, 0.717) is 6.42 Å². The molecule has 0 saturated carbocycles. The van der Waals surface area contributed by atoms with Crippen molar-refractivity contribution in [1.29, 1.82) is 0 Å². The van der Waals surface area contributed by atoms with Crippen molar-refractivity contribution in [1.82, 2.24) is 9.55 Å². The van der Waals surface area contributed by atoms with E-state index >= 15 is 0 Å². The van der Waals surface area contributed by atoms with Gasteiger partial charge in [0.25, 0.3) is 0 Å². The molecule has 1 aromatic rings. The summed E-state index contributed by atoms with van der Waals surface area (Å²) in [6.45, 7) is 12.3. The van der Waals surface area contributed by atoms with E-state index in [2.05, 4.69) is 38.8 Å². The topological polar surface area (TPSA) is 70.5 Å². The maximum Gasteiger partial charge on any atom is 0.326 e. The molecule has 0 spiro atoms.